The number of anilines is 1. The summed E-state index contributed by atoms with van der Waals surface area (Å²) in [6.45, 7) is 3.03. The van der Waals surface area contributed by atoms with Crippen LogP contribution >= 0.6 is 0 Å². The number of carbonyl (C=O) groups excluding carboxylic acids is 1. The van der Waals surface area contributed by atoms with Gasteiger partial charge in [-0.25, -0.2) is 0 Å². The van der Waals surface area contributed by atoms with E-state index >= 15 is 0 Å². The van der Waals surface area contributed by atoms with E-state index < -0.39 is 0 Å². The van der Waals surface area contributed by atoms with Crippen molar-refractivity contribution in [2.24, 2.45) is 0 Å². The maximum Gasteiger partial charge on any atom is 0.226 e. The predicted octanol–water partition coefficient (Wildman–Crippen LogP) is 3.46. The quantitative estimate of drug-likeness (QED) is 0.906. The molecule has 3 heteroatoms. The van der Waals surface area contributed by atoms with Crippen LogP contribution in [0.4, 0.5) is 5.69 Å². The van der Waals surface area contributed by atoms with Crippen LogP contribution in [0.1, 0.15) is 36.1 Å². The lowest BCUT2D eigenvalue weighted by Crippen LogP contribution is -2.32. The summed E-state index contributed by atoms with van der Waals surface area (Å²) in [7, 11) is 0. The van der Waals surface area contributed by atoms with E-state index in [0.717, 1.165) is 25.1 Å². The van der Waals surface area contributed by atoms with E-state index in [9.17, 15) is 4.79 Å². The fraction of sp³-hybridized carbons (Fsp3) is 0.316. The van der Waals surface area contributed by atoms with Crippen LogP contribution in [0.3, 0.4) is 0 Å². The van der Waals surface area contributed by atoms with Crippen LogP contribution in [0.15, 0.2) is 48.5 Å². The number of hydrogen-bond acceptors (Lipinski definition) is 2. The van der Waals surface area contributed by atoms with Crippen LogP contribution in [0.5, 0.6) is 0 Å². The molecule has 2 aromatic carbocycles. The Hall–Kier alpha value is -2.13. The van der Waals surface area contributed by atoms with Crippen molar-refractivity contribution in [2.45, 2.75) is 32.2 Å². The summed E-state index contributed by atoms with van der Waals surface area (Å²) in [4.78, 5) is 12.4. The maximum absolute atomic E-state index is 12.4. The molecule has 0 aromatic heterocycles. The Balaban J connectivity index is 1.70. The van der Waals surface area contributed by atoms with Gasteiger partial charge < -0.3 is 10.6 Å². The number of aryl methyl sites for hydroxylation is 1. The predicted molar refractivity (Wildman–Crippen MR) is 90.0 cm³/mol. The molecule has 0 spiro atoms. The molecular formula is C19H22N2O. The molecule has 2 aromatic rings. The number of hydrogen-bond donors (Lipinski definition) is 2. The highest BCUT2D eigenvalue weighted by Gasteiger charge is 2.21. The van der Waals surface area contributed by atoms with E-state index in [1.807, 2.05) is 24.3 Å². The van der Waals surface area contributed by atoms with E-state index in [-0.39, 0.29) is 11.9 Å². The molecule has 0 fully saturated rings. The molecule has 0 saturated carbocycles. The van der Waals surface area contributed by atoms with Crippen molar-refractivity contribution >= 4 is 11.6 Å². The molecule has 0 bridgehead atoms. The molecule has 0 radical (unpaired) electrons. The van der Waals surface area contributed by atoms with Gasteiger partial charge in [0.05, 0.1) is 0 Å². The smallest absolute Gasteiger partial charge is 0.226 e. The summed E-state index contributed by atoms with van der Waals surface area (Å²) in [6, 6.07) is 16.5. The van der Waals surface area contributed by atoms with Gasteiger partial charge in [0.1, 0.15) is 0 Å². The second kappa shape index (κ2) is 6.75. The van der Waals surface area contributed by atoms with Crippen LogP contribution in [-0.4, -0.2) is 12.5 Å². The Kier molecular flexibility index (Phi) is 4.54. The Morgan fingerprint density at radius 3 is 2.82 bits per heavy atom. The number of amides is 1. The van der Waals surface area contributed by atoms with E-state index in [4.69, 9.17) is 0 Å². The first-order valence-corrected chi connectivity index (χ1v) is 7.97. The third kappa shape index (κ3) is 3.20. The van der Waals surface area contributed by atoms with E-state index in [1.165, 1.54) is 16.7 Å². The number of nitrogens with one attached hydrogen (secondary N) is 2. The number of benzene rings is 2. The van der Waals surface area contributed by atoms with Crippen molar-refractivity contribution in [2.75, 3.05) is 11.9 Å². The maximum atomic E-state index is 12.4. The Bertz CT molecular complexity index is 666. The summed E-state index contributed by atoms with van der Waals surface area (Å²) >= 11 is 0. The summed E-state index contributed by atoms with van der Waals surface area (Å²) in [6.07, 6.45) is 2.42. The van der Waals surface area contributed by atoms with Crippen LogP contribution in [0.25, 0.3) is 0 Å². The molecule has 1 unspecified atom stereocenters. The first kappa shape index (κ1) is 14.8. The standard InChI is InChI=1S/C19H22N2O/c1-2-14-7-4-6-10-17(14)21-19(22)13-18-16-9-5-3-8-15(16)11-12-20-18/h3-10,18,20H,2,11-13H2,1H3,(H,21,22). The third-order valence-corrected chi connectivity index (χ3v) is 4.28. The van der Waals surface area contributed by atoms with E-state index in [1.54, 1.807) is 0 Å². The largest absolute Gasteiger partial charge is 0.326 e. The SMILES string of the molecule is CCc1ccccc1NC(=O)CC1NCCc2ccccc21. The van der Waals surface area contributed by atoms with Crippen molar-refractivity contribution in [3.63, 3.8) is 0 Å². The summed E-state index contributed by atoms with van der Waals surface area (Å²) in [5.41, 5.74) is 4.72. The van der Waals surface area contributed by atoms with Gasteiger partial charge in [0.25, 0.3) is 0 Å². The molecule has 1 aliphatic rings. The third-order valence-electron chi connectivity index (χ3n) is 4.28. The molecule has 22 heavy (non-hydrogen) atoms. The number of rotatable bonds is 4. The molecule has 1 heterocycles. The zero-order valence-electron chi connectivity index (χ0n) is 12.9. The van der Waals surface area contributed by atoms with Crippen LogP contribution in [-0.2, 0) is 17.6 Å². The molecule has 1 amide bonds. The minimum Gasteiger partial charge on any atom is -0.326 e. The van der Waals surface area contributed by atoms with Gasteiger partial charge in [-0.3, -0.25) is 4.79 Å². The fourth-order valence-electron chi connectivity index (χ4n) is 3.11. The average Bonchev–Trinajstić information content (AvgIpc) is 2.55. The first-order valence-electron chi connectivity index (χ1n) is 7.97. The molecule has 3 rings (SSSR count). The summed E-state index contributed by atoms with van der Waals surface area (Å²) < 4.78 is 0. The summed E-state index contributed by atoms with van der Waals surface area (Å²) in [5, 5.41) is 6.52. The van der Waals surface area contributed by atoms with Gasteiger partial charge in [0, 0.05) is 18.2 Å². The van der Waals surface area contributed by atoms with Crippen LogP contribution < -0.4 is 10.6 Å². The molecule has 2 N–H and O–H groups in total. The van der Waals surface area contributed by atoms with Gasteiger partial charge >= 0.3 is 0 Å². The molecule has 3 nitrogen and oxygen atoms in total. The Morgan fingerprint density at radius 2 is 1.95 bits per heavy atom. The molecule has 0 saturated heterocycles. The number of para-hydroxylation sites is 1. The zero-order valence-corrected chi connectivity index (χ0v) is 12.9. The van der Waals surface area contributed by atoms with Gasteiger partial charge in [0.2, 0.25) is 5.91 Å². The van der Waals surface area contributed by atoms with E-state index in [2.05, 4.69) is 41.8 Å². The van der Waals surface area contributed by atoms with Crippen LogP contribution in [0, 0.1) is 0 Å². The lowest BCUT2D eigenvalue weighted by Gasteiger charge is -2.26. The second-order valence-electron chi connectivity index (χ2n) is 5.72. The highest BCUT2D eigenvalue weighted by molar-refractivity contribution is 5.92. The minimum absolute atomic E-state index is 0.0649. The zero-order chi connectivity index (χ0) is 15.4. The molecule has 1 aliphatic heterocycles. The topological polar surface area (TPSA) is 41.1 Å². The van der Waals surface area contributed by atoms with Gasteiger partial charge in [-0.2, -0.15) is 0 Å². The lowest BCUT2D eigenvalue weighted by atomic mass is 9.92. The average molecular weight is 294 g/mol. The first-order chi connectivity index (χ1) is 10.8. The highest BCUT2D eigenvalue weighted by Crippen LogP contribution is 2.26. The number of fused-ring (bicyclic) bond motifs is 1. The van der Waals surface area contributed by atoms with Gasteiger partial charge in [0.15, 0.2) is 0 Å². The lowest BCUT2D eigenvalue weighted by molar-refractivity contribution is -0.116. The van der Waals surface area contributed by atoms with Gasteiger partial charge in [-0.15, -0.1) is 0 Å². The summed E-state index contributed by atoms with van der Waals surface area (Å²) in [5.74, 6) is 0.0649. The molecule has 114 valence electrons. The Morgan fingerprint density at radius 1 is 1.18 bits per heavy atom. The van der Waals surface area contributed by atoms with Crippen molar-refractivity contribution in [3.8, 4) is 0 Å². The number of carbonyl (C=O) groups is 1. The van der Waals surface area contributed by atoms with Crippen molar-refractivity contribution in [1.82, 2.24) is 5.32 Å². The fourth-order valence-corrected chi connectivity index (χ4v) is 3.11. The highest BCUT2D eigenvalue weighted by atomic mass is 16.1. The monoisotopic (exact) mass is 294 g/mol. The normalized spacial score (nSPS) is 16.9. The van der Waals surface area contributed by atoms with E-state index in [0.29, 0.717) is 6.42 Å². The van der Waals surface area contributed by atoms with Crippen LogP contribution in [0.2, 0.25) is 0 Å². The molecule has 0 aliphatic carbocycles. The van der Waals surface area contributed by atoms with Gasteiger partial charge in [-0.1, -0.05) is 49.4 Å². The second-order valence-corrected chi connectivity index (χ2v) is 5.72. The van der Waals surface area contributed by atoms with Crippen molar-refractivity contribution in [3.05, 3.63) is 65.2 Å². The molecule has 1 atom stereocenters. The van der Waals surface area contributed by atoms with Crippen molar-refractivity contribution < 1.29 is 4.79 Å². The van der Waals surface area contributed by atoms with Gasteiger partial charge in [-0.05, 0) is 42.1 Å². The van der Waals surface area contributed by atoms with Crippen molar-refractivity contribution in [1.29, 1.82) is 0 Å². The molecular weight excluding hydrogens is 272 g/mol. The minimum atomic E-state index is 0.0649. The Labute approximate surface area is 131 Å².